The van der Waals surface area contributed by atoms with Gasteiger partial charge >= 0.3 is 6.61 Å². The normalized spacial score (nSPS) is 10.9. The third-order valence-electron chi connectivity index (χ3n) is 3.06. The highest BCUT2D eigenvalue weighted by Gasteiger charge is 2.14. The summed E-state index contributed by atoms with van der Waals surface area (Å²) in [5.41, 5.74) is 0.827. The average Bonchev–Trinajstić information content (AvgIpc) is 2.61. The molecule has 8 heteroatoms. The fourth-order valence-electron chi connectivity index (χ4n) is 1.96. The number of nitrogens with zero attached hydrogens (tertiary/aromatic N) is 1. The Bertz CT molecular complexity index is 752. The van der Waals surface area contributed by atoms with Gasteiger partial charge in [-0.05, 0) is 30.5 Å². The number of para-hydroxylation sites is 1. The van der Waals surface area contributed by atoms with E-state index in [1.54, 1.807) is 24.3 Å². The molecule has 0 saturated carbocycles. The van der Waals surface area contributed by atoms with Crippen LogP contribution in [0.5, 0.6) is 11.5 Å². The predicted octanol–water partition coefficient (Wildman–Crippen LogP) is 4.07. The second-order valence-corrected chi connectivity index (χ2v) is 5.50. The molecule has 0 bridgehead atoms. The zero-order chi connectivity index (χ0) is 18.2. The number of rotatable bonds is 7. The van der Waals surface area contributed by atoms with E-state index in [1.165, 1.54) is 43.3 Å². The lowest BCUT2D eigenvalue weighted by Gasteiger charge is -2.12. The van der Waals surface area contributed by atoms with Gasteiger partial charge in [-0.15, -0.1) is 11.8 Å². The molecular weight excluding hydrogens is 350 g/mol. The number of halogens is 2. The van der Waals surface area contributed by atoms with E-state index in [-0.39, 0.29) is 11.5 Å². The van der Waals surface area contributed by atoms with Crippen LogP contribution in [0.3, 0.4) is 0 Å². The van der Waals surface area contributed by atoms with E-state index in [9.17, 15) is 13.6 Å². The molecular formula is C17H16F2N2O3S. The van der Waals surface area contributed by atoms with Crippen LogP contribution in [0.25, 0.3) is 6.08 Å². The number of methoxy groups -OCH3 is 1. The van der Waals surface area contributed by atoms with Crippen LogP contribution < -0.4 is 14.8 Å². The van der Waals surface area contributed by atoms with Gasteiger partial charge in [0.25, 0.3) is 0 Å². The summed E-state index contributed by atoms with van der Waals surface area (Å²) >= 11 is 1.49. The van der Waals surface area contributed by atoms with E-state index in [0.29, 0.717) is 11.3 Å². The molecule has 0 fully saturated rings. The Hall–Kier alpha value is -2.61. The van der Waals surface area contributed by atoms with Crippen molar-refractivity contribution in [3.05, 3.63) is 48.2 Å². The molecule has 1 aromatic carbocycles. The first-order chi connectivity index (χ1) is 12.0. The number of amides is 1. The maximum Gasteiger partial charge on any atom is 0.387 e. The fourth-order valence-corrected chi connectivity index (χ4v) is 2.33. The maximum atomic E-state index is 12.6. The number of nitrogens with one attached hydrogen (secondary N) is 1. The second kappa shape index (κ2) is 9.03. The average molecular weight is 366 g/mol. The molecule has 25 heavy (non-hydrogen) atoms. The van der Waals surface area contributed by atoms with E-state index in [2.05, 4.69) is 15.0 Å². The lowest BCUT2D eigenvalue weighted by molar-refractivity contribution is -0.111. The van der Waals surface area contributed by atoms with Crippen LogP contribution in [0.4, 0.5) is 14.5 Å². The molecule has 0 aliphatic heterocycles. The summed E-state index contributed by atoms with van der Waals surface area (Å²) < 4.78 is 34.6. The lowest BCUT2D eigenvalue weighted by Crippen LogP contribution is -2.08. The van der Waals surface area contributed by atoms with Crippen molar-refractivity contribution < 1.29 is 23.0 Å². The number of thioether (sulfide) groups is 1. The van der Waals surface area contributed by atoms with Crippen LogP contribution >= 0.6 is 11.8 Å². The largest absolute Gasteiger partial charge is 0.493 e. The molecule has 0 aliphatic rings. The van der Waals surface area contributed by atoms with Gasteiger partial charge in [-0.3, -0.25) is 4.79 Å². The van der Waals surface area contributed by atoms with E-state index in [1.807, 2.05) is 6.26 Å². The number of pyridine rings is 1. The Morgan fingerprint density at radius 2 is 2.12 bits per heavy atom. The molecule has 1 heterocycles. The molecule has 0 spiro atoms. The van der Waals surface area contributed by atoms with Gasteiger partial charge in [-0.2, -0.15) is 8.78 Å². The summed E-state index contributed by atoms with van der Waals surface area (Å²) in [4.78, 5) is 16.1. The van der Waals surface area contributed by atoms with Gasteiger partial charge in [0.1, 0.15) is 0 Å². The van der Waals surface area contributed by atoms with Crippen molar-refractivity contribution in [3.8, 4) is 11.5 Å². The van der Waals surface area contributed by atoms with Gasteiger partial charge in [-0.25, -0.2) is 4.98 Å². The molecule has 1 aromatic heterocycles. The van der Waals surface area contributed by atoms with E-state index in [0.717, 1.165) is 5.03 Å². The van der Waals surface area contributed by atoms with Gasteiger partial charge in [0.15, 0.2) is 11.5 Å². The summed E-state index contributed by atoms with van der Waals surface area (Å²) in [5.74, 6) is -0.403. The van der Waals surface area contributed by atoms with Crippen LogP contribution in [0.15, 0.2) is 47.6 Å². The number of ether oxygens (including phenoxy) is 2. The first-order valence-corrected chi connectivity index (χ1v) is 8.37. The van der Waals surface area contributed by atoms with Crippen LogP contribution in [0.1, 0.15) is 5.56 Å². The Morgan fingerprint density at radius 3 is 2.72 bits per heavy atom. The standard InChI is InChI=1S/C17H16F2N2O3S/c1-23-13-5-3-4-11(16(13)24-17(18)19)6-8-14(22)21-12-7-9-15(25-2)20-10-12/h3-10,17H,1-2H3,(H,21,22)/b8-6+. The predicted molar refractivity (Wildman–Crippen MR) is 93.3 cm³/mol. The third kappa shape index (κ3) is 5.46. The van der Waals surface area contributed by atoms with Gasteiger partial charge in [-0.1, -0.05) is 12.1 Å². The van der Waals surface area contributed by atoms with Crippen molar-refractivity contribution in [3.63, 3.8) is 0 Å². The Morgan fingerprint density at radius 1 is 1.32 bits per heavy atom. The molecule has 2 rings (SSSR count). The number of benzene rings is 1. The minimum Gasteiger partial charge on any atom is -0.493 e. The molecule has 0 atom stereocenters. The Balaban J connectivity index is 2.13. The summed E-state index contributed by atoms with van der Waals surface area (Å²) in [5, 5.41) is 3.47. The summed E-state index contributed by atoms with van der Waals surface area (Å²) in [7, 11) is 1.35. The molecule has 1 N–H and O–H groups in total. The number of anilines is 1. The van der Waals surface area contributed by atoms with Crippen molar-refractivity contribution in [2.75, 3.05) is 18.7 Å². The van der Waals surface area contributed by atoms with Crippen LogP contribution in [-0.4, -0.2) is 30.9 Å². The van der Waals surface area contributed by atoms with Crippen molar-refractivity contribution in [1.29, 1.82) is 0 Å². The highest BCUT2D eigenvalue weighted by atomic mass is 32.2. The van der Waals surface area contributed by atoms with Crippen molar-refractivity contribution in [1.82, 2.24) is 4.98 Å². The molecule has 2 aromatic rings. The highest BCUT2D eigenvalue weighted by Crippen LogP contribution is 2.33. The first-order valence-electron chi connectivity index (χ1n) is 7.14. The van der Waals surface area contributed by atoms with Crippen molar-refractivity contribution >= 4 is 29.4 Å². The molecule has 0 aliphatic carbocycles. The summed E-state index contributed by atoms with van der Waals surface area (Å²) in [6, 6.07) is 8.15. The first kappa shape index (κ1) is 18.7. The molecule has 0 unspecified atom stereocenters. The minimum atomic E-state index is -3.00. The van der Waals surface area contributed by atoms with E-state index in [4.69, 9.17) is 4.74 Å². The Labute approximate surface area is 148 Å². The molecule has 1 amide bonds. The molecule has 0 saturated heterocycles. The van der Waals surface area contributed by atoms with Crippen molar-refractivity contribution in [2.45, 2.75) is 11.6 Å². The van der Waals surface area contributed by atoms with Crippen LogP contribution in [0, 0.1) is 0 Å². The summed E-state index contributed by atoms with van der Waals surface area (Å²) in [6.07, 6.45) is 6.03. The number of hydrogen-bond acceptors (Lipinski definition) is 5. The topological polar surface area (TPSA) is 60.5 Å². The van der Waals surface area contributed by atoms with E-state index >= 15 is 0 Å². The highest BCUT2D eigenvalue weighted by molar-refractivity contribution is 7.98. The zero-order valence-electron chi connectivity index (χ0n) is 13.5. The smallest absolute Gasteiger partial charge is 0.387 e. The number of aromatic nitrogens is 1. The van der Waals surface area contributed by atoms with Crippen LogP contribution in [-0.2, 0) is 4.79 Å². The number of hydrogen-bond donors (Lipinski definition) is 1. The monoisotopic (exact) mass is 366 g/mol. The quantitative estimate of drug-likeness (QED) is 0.591. The Kier molecular flexibility index (Phi) is 6.76. The fraction of sp³-hybridized carbons (Fsp3) is 0.176. The van der Waals surface area contributed by atoms with Gasteiger partial charge in [0.05, 0.1) is 24.0 Å². The maximum absolute atomic E-state index is 12.6. The van der Waals surface area contributed by atoms with Crippen LogP contribution in [0.2, 0.25) is 0 Å². The number of carbonyl (C=O) groups excluding carboxylic acids is 1. The number of alkyl halides is 2. The summed E-state index contributed by atoms with van der Waals surface area (Å²) in [6.45, 7) is -3.00. The van der Waals surface area contributed by atoms with Gasteiger partial charge in [0.2, 0.25) is 5.91 Å². The molecule has 5 nitrogen and oxygen atoms in total. The SMILES string of the molecule is COc1cccc(/C=C/C(=O)Nc2ccc(SC)nc2)c1OC(F)F. The second-order valence-electron chi connectivity index (χ2n) is 4.67. The van der Waals surface area contributed by atoms with Gasteiger partial charge in [0, 0.05) is 11.6 Å². The van der Waals surface area contributed by atoms with Crippen molar-refractivity contribution in [2.24, 2.45) is 0 Å². The number of carbonyl (C=O) groups is 1. The zero-order valence-corrected chi connectivity index (χ0v) is 14.3. The third-order valence-corrected chi connectivity index (χ3v) is 3.72. The lowest BCUT2D eigenvalue weighted by atomic mass is 10.1. The molecule has 0 radical (unpaired) electrons. The van der Waals surface area contributed by atoms with E-state index < -0.39 is 12.5 Å². The minimum absolute atomic E-state index is 0.130. The van der Waals surface area contributed by atoms with Gasteiger partial charge < -0.3 is 14.8 Å². The molecule has 132 valence electrons.